The highest BCUT2D eigenvalue weighted by molar-refractivity contribution is 9.10. The molecule has 1 rings (SSSR count). The molecule has 0 aromatic heterocycles. The summed E-state index contributed by atoms with van der Waals surface area (Å²) < 4.78 is 1.01. The summed E-state index contributed by atoms with van der Waals surface area (Å²) in [6.07, 6.45) is 0. The molecule has 7 heteroatoms. The van der Waals surface area contributed by atoms with Gasteiger partial charge in [-0.15, -0.1) is 0 Å². The van der Waals surface area contributed by atoms with Crippen LogP contribution in [0.15, 0.2) is 33.8 Å². The highest BCUT2D eigenvalue weighted by Crippen LogP contribution is 2.14. The van der Waals surface area contributed by atoms with Gasteiger partial charge in [-0.3, -0.25) is 5.43 Å². The lowest BCUT2D eigenvalue weighted by Crippen LogP contribution is -2.28. The average molecular weight is 331 g/mol. The fourth-order valence-electron chi connectivity index (χ4n) is 0.944. The van der Waals surface area contributed by atoms with Gasteiger partial charge in [-0.2, -0.15) is 5.10 Å². The van der Waals surface area contributed by atoms with Crippen LogP contribution in [0.3, 0.4) is 0 Å². The second-order valence-electron chi connectivity index (χ2n) is 3.13. The lowest BCUT2D eigenvalue weighted by Gasteiger charge is -2.07. The molecule has 0 unspecified atom stereocenters. The van der Waals surface area contributed by atoms with Gasteiger partial charge in [0.25, 0.3) is 0 Å². The zero-order valence-electron chi connectivity index (χ0n) is 9.03. The Bertz CT molecular complexity index is 456. The van der Waals surface area contributed by atoms with Crippen LogP contribution < -0.4 is 16.5 Å². The smallest absolute Gasteiger partial charge is 0.184 e. The van der Waals surface area contributed by atoms with Crippen LogP contribution in [-0.4, -0.2) is 15.8 Å². The van der Waals surface area contributed by atoms with Gasteiger partial charge >= 0.3 is 0 Å². The van der Waals surface area contributed by atoms with Crippen molar-refractivity contribution >= 4 is 61.9 Å². The number of nitrogens with zero attached hydrogens (tertiary/aromatic N) is 1. The highest BCUT2D eigenvalue weighted by Gasteiger charge is 2.02. The van der Waals surface area contributed by atoms with Crippen molar-refractivity contribution in [2.24, 2.45) is 10.8 Å². The van der Waals surface area contributed by atoms with Gasteiger partial charge < -0.3 is 11.1 Å². The first-order valence-electron chi connectivity index (χ1n) is 4.65. The molecular weight excluding hydrogens is 320 g/mol. The van der Waals surface area contributed by atoms with Gasteiger partial charge in [-0.05, 0) is 43.4 Å². The number of benzene rings is 1. The number of hydrogen-bond donors (Lipinski definition) is 3. The second kappa shape index (κ2) is 6.63. The average Bonchev–Trinajstić information content (AvgIpc) is 2.28. The molecule has 0 aliphatic carbocycles. The van der Waals surface area contributed by atoms with Crippen LogP contribution in [0.2, 0.25) is 0 Å². The number of hydrogen-bond acceptors (Lipinski definition) is 3. The normalized spacial score (nSPS) is 10.8. The Hall–Kier alpha value is -1.05. The fraction of sp³-hybridized carbons (Fsp3) is 0.100. The van der Waals surface area contributed by atoms with Crippen LogP contribution >= 0.6 is 40.4 Å². The zero-order valence-corrected chi connectivity index (χ0v) is 12.2. The lowest BCUT2D eigenvalue weighted by atomic mass is 10.3. The maximum atomic E-state index is 5.25. The van der Waals surface area contributed by atoms with Crippen molar-refractivity contribution in [3.8, 4) is 0 Å². The minimum atomic E-state index is 0.107. The van der Waals surface area contributed by atoms with Crippen molar-refractivity contribution in [2.45, 2.75) is 6.92 Å². The van der Waals surface area contributed by atoms with Gasteiger partial charge in [-0.25, -0.2) is 0 Å². The number of rotatable bonds is 3. The van der Waals surface area contributed by atoms with Crippen molar-refractivity contribution in [2.75, 3.05) is 5.32 Å². The predicted octanol–water partition coefficient (Wildman–Crippen LogP) is 2.40. The first-order valence-corrected chi connectivity index (χ1v) is 6.26. The number of halogens is 1. The summed E-state index contributed by atoms with van der Waals surface area (Å²) in [5.74, 6) is 0. The molecule has 0 atom stereocenters. The van der Waals surface area contributed by atoms with Crippen LogP contribution in [0.25, 0.3) is 0 Å². The molecular formula is C10H11BrN4S2. The molecule has 0 aliphatic heterocycles. The third-order valence-electron chi connectivity index (χ3n) is 1.76. The van der Waals surface area contributed by atoms with Gasteiger partial charge in [-0.1, -0.05) is 28.1 Å². The molecule has 4 N–H and O–H groups in total. The van der Waals surface area contributed by atoms with Gasteiger partial charge in [0.15, 0.2) is 5.11 Å². The monoisotopic (exact) mass is 330 g/mol. The Morgan fingerprint density at radius 1 is 1.29 bits per heavy atom. The van der Waals surface area contributed by atoms with E-state index in [0.29, 0.717) is 10.7 Å². The minimum absolute atomic E-state index is 0.107. The molecule has 0 fully saturated rings. The molecule has 1 aromatic rings. The summed E-state index contributed by atoms with van der Waals surface area (Å²) in [4.78, 5) is 0.510. The van der Waals surface area contributed by atoms with Gasteiger partial charge in [0, 0.05) is 10.2 Å². The van der Waals surface area contributed by atoms with Gasteiger partial charge in [0.05, 0.1) is 5.71 Å². The van der Waals surface area contributed by atoms with E-state index < -0.39 is 0 Å². The Labute approximate surface area is 119 Å². The summed E-state index contributed by atoms with van der Waals surface area (Å²) in [5.41, 5.74) is 9.24. The van der Waals surface area contributed by atoms with Crippen LogP contribution in [0, 0.1) is 0 Å². The van der Waals surface area contributed by atoms with E-state index in [9.17, 15) is 0 Å². The molecule has 0 saturated carbocycles. The first kappa shape index (κ1) is 14.0. The number of anilines is 1. The number of nitrogens with one attached hydrogen (secondary N) is 2. The number of thiocarbonyl (C=S) groups is 2. The standard InChI is InChI=1S/C10H11BrN4S2/c1-6(14-15-10(12)17)9(16)13-8-4-2-7(11)3-5-8/h2-5H,1H3,(H,13,16)(H3,12,15,17)/b14-6+. The van der Waals surface area contributed by atoms with Crippen molar-refractivity contribution in [3.63, 3.8) is 0 Å². The molecule has 17 heavy (non-hydrogen) atoms. The van der Waals surface area contributed by atoms with Crippen molar-refractivity contribution in [1.82, 2.24) is 5.43 Å². The molecule has 0 saturated heterocycles. The first-order chi connectivity index (χ1) is 7.99. The molecule has 1 aromatic carbocycles. The molecule has 0 radical (unpaired) electrons. The molecule has 0 amide bonds. The largest absolute Gasteiger partial charge is 0.375 e. The minimum Gasteiger partial charge on any atom is -0.375 e. The maximum absolute atomic E-state index is 5.25. The summed E-state index contributed by atoms with van der Waals surface area (Å²) in [7, 11) is 0. The third-order valence-corrected chi connectivity index (χ3v) is 2.78. The van der Waals surface area contributed by atoms with E-state index in [-0.39, 0.29) is 5.11 Å². The van der Waals surface area contributed by atoms with E-state index in [0.717, 1.165) is 10.2 Å². The van der Waals surface area contributed by atoms with Crippen LogP contribution in [0.1, 0.15) is 6.92 Å². The van der Waals surface area contributed by atoms with Crippen molar-refractivity contribution < 1.29 is 0 Å². The fourth-order valence-corrected chi connectivity index (χ4v) is 1.42. The predicted molar refractivity (Wildman–Crippen MR) is 83.4 cm³/mol. The van der Waals surface area contributed by atoms with Crippen LogP contribution in [0.4, 0.5) is 5.69 Å². The summed E-state index contributed by atoms with van der Waals surface area (Å²) in [6.45, 7) is 1.76. The molecule has 0 bridgehead atoms. The summed E-state index contributed by atoms with van der Waals surface area (Å²) in [6, 6.07) is 7.66. The van der Waals surface area contributed by atoms with E-state index in [4.69, 9.17) is 18.0 Å². The Balaban J connectivity index is 2.63. The van der Waals surface area contributed by atoms with Crippen molar-refractivity contribution in [1.29, 1.82) is 0 Å². The van der Waals surface area contributed by atoms with E-state index in [1.807, 2.05) is 24.3 Å². The number of hydrazone groups is 1. The van der Waals surface area contributed by atoms with Crippen LogP contribution in [-0.2, 0) is 0 Å². The maximum Gasteiger partial charge on any atom is 0.184 e. The van der Waals surface area contributed by atoms with Gasteiger partial charge in [0.1, 0.15) is 4.99 Å². The van der Waals surface area contributed by atoms with Gasteiger partial charge in [0.2, 0.25) is 0 Å². The topological polar surface area (TPSA) is 62.4 Å². The third kappa shape index (κ3) is 5.20. The lowest BCUT2D eigenvalue weighted by molar-refractivity contribution is 1.03. The molecule has 0 spiro atoms. The Morgan fingerprint density at radius 2 is 1.88 bits per heavy atom. The Morgan fingerprint density at radius 3 is 2.41 bits per heavy atom. The molecule has 90 valence electrons. The summed E-state index contributed by atoms with van der Waals surface area (Å²) >= 11 is 13.2. The summed E-state index contributed by atoms with van der Waals surface area (Å²) in [5, 5.41) is 7.08. The molecule has 0 aliphatic rings. The quantitative estimate of drug-likeness (QED) is 0.451. The SMILES string of the molecule is C/C(=N\NC(N)=S)C(=S)Nc1ccc(Br)cc1. The molecule has 4 nitrogen and oxygen atoms in total. The Kier molecular flexibility index (Phi) is 5.46. The van der Waals surface area contributed by atoms with E-state index >= 15 is 0 Å². The van der Waals surface area contributed by atoms with Crippen LogP contribution in [0.5, 0.6) is 0 Å². The zero-order chi connectivity index (χ0) is 12.8. The van der Waals surface area contributed by atoms with E-state index in [1.165, 1.54) is 0 Å². The molecule has 0 heterocycles. The number of nitrogens with two attached hydrogens (primary N) is 1. The van der Waals surface area contributed by atoms with Crippen molar-refractivity contribution in [3.05, 3.63) is 28.7 Å². The van der Waals surface area contributed by atoms with E-state index in [1.54, 1.807) is 6.92 Å². The second-order valence-corrected chi connectivity index (χ2v) is 4.90. The highest BCUT2D eigenvalue weighted by atomic mass is 79.9. The van der Waals surface area contributed by atoms with E-state index in [2.05, 4.69) is 44.0 Å².